The molecule has 0 fully saturated rings. The van der Waals surface area contributed by atoms with Crippen LogP contribution in [-0.2, 0) is 23.0 Å². The fourth-order valence-electron chi connectivity index (χ4n) is 3.14. The van der Waals surface area contributed by atoms with E-state index in [2.05, 4.69) is 35.3 Å². The molecule has 3 heterocycles. The minimum Gasteiger partial charge on any atom is -0.324 e. The highest BCUT2D eigenvalue weighted by Gasteiger charge is 2.23. The van der Waals surface area contributed by atoms with Gasteiger partial charge in [0.1, 0.15) is 5.69 Å². The van der Waals surface area contributed by atoms with E-state index < -0.39 is 15.8 Å². The van der Waals surface area contributed by atoms with E-state index in [-0.39, 0.29) is 40.6 Å². The second-order valence-corrected chi connectivity index (χ2v) is 9.04. The van der Waals surface area contributed by atoms with Crippen molar-refractivity contribution in [3.8, 4) is 0 Å². The molecule has 10 nitrogen and oxygen atoms in total. The number of ketones is 1. The zero-order chi connectivity index (χ0) is 22.0. The van der Waals surface area contributed by atoms with E-state index in [0.29, 0.717) is 0 Å². The topological polar surface area (TPSA) is 139 Å². The molecule has 1 aliphatic rings. The minimum absolute atomic E-state index is 0. The number of sulfonamides is 1. The predicted octanol–water partition coefficient (Wildman–Crippen LogP) is 2.33. The van der Waals surface area contributed by atoms with Gasteiger partial charge < -0.3 is 10.6 Å². The van der Waals surface area contributed by atoms with Gasteiger partial charge in [0.2, 0.25) is 21.8 Å². The molecule has 0 atom stereocenters. The lowest BCUT2D eigenvalue weighted by molar-refractivity contribution is 0.103. The first-order chi connectivity index (χ1) is 14.8. The van der Waals surface area contributed by atoms with Crippen molar-refractivity contribution in [1.29, 1.82) is 0 Å². The Balaban J connectivity index is 0.00000289. The zero-order valence-electron chi connectivity index (χ0n) is 16.8. The first-order valence-electron chi connectivity index (χ1n) is 9.26. The van der Waals surface area contributed by atoms with Crippen LogP contribution in [0.15, 0.2) is 36.8 Å². The first kappa shape index (κ1) is 23.8. The van der Waals surface area contributed by atoms with Crippen LogP contribution in [-0.4, -0.2) is 46.9 Å². The second-order valence-electron chi connectivity index (χ2n) is 6.88. The summed E-state index contributed by atoms with van der Waals surface area (Å²) in [7, 11) is -3.67. The fourth-order valence-corrected chi connectivity index (χ4v) is 3.81. The molecule has 3 aromatic rings. The minimum atomic E-state index is -3.67. The van der Waals surface area contributed by atoms with E-state index in [4.69, 9.17) is 11.6 Å². The van der Waals surface area contributed by atoms with Crippen LogP contribution >= 0.6 is 24.0 Å². The Kier molecular flexibility index (Phi) is 7.24. The van der Waals surface area contributed by atoms with Gasteiger partial charge in [-0.05, 0) is 36.2 Å². The highest BCUT2D eigenvalue weighted by molar-refractivity contribution is 7.92. The number of carbonyl (C=O) groups is 1. The van der Waals surface area contributed by atoms with Gasteiger partial charge in [-0.15, -0.1) is 12.4 Å². The monoisotopic (exact) mass is 495 g/mol. The quantitative estimate of drug-likeness (QED) is 0.439. The smallest absolute Gasteiger partial charge is 0.235 e. The third kappa shape index (κ3) is 5.49. The van der Waals surface area contributed by atoms with Gasteiger partial charge in [-0.1, -0.05) is 17.7 Å². The lowest BCUT2D eigenvalue weighted by Crippen LogP contribution is -2.23. The summed E-state index contributed by atoms with van der Waals surface area (Å²) in [5, 5.41) is 6.40. The molecule has 0 amide bonds. The number of benzene rings is 1. The summed E-state index contributed by atoms with van der Waals surface area (Å²) >= 11 is 6.16. The lowest BCUT2D eigenvalue weighted by Gasteiger charge is -2.18. The largest absolute Gasteiger partial charge is 0.324 e. The Morgan fingerprint density at radius 1 is 1.12 bits per heavy atom. The van der Waals surface area contributed by atoms with Crippen LogP contribution in [0.2, 0.25) is 5.02 Å². The van der Waals surface area contributed by atoms with Gasteiger partial charge in [0.15, 0.2) is 11.5 Å². The summed E-state index contributed by atoms with van der Waals surface area (Å²) < 4.78 is 25.3. The average Bonchev–Trinajstić information content (AvgIpc) is 2.74. The molecule has 0 saturated heterocycles. The molecule has 1 aliphatic heterocycles. The molecule has 4 rings (SSSR count). The molecule has 0 radical (unpaired) electrons. The Bertz CT molecular complexity index is 1270. The third-order valence-corrected chi connectivity index (χ3v) is 5.34. The highest BCUT2D eigenvalue weighted by Crippen LogP contribution is 2.24. The number of aromatic nitrogens is 4. The van der Waals surface area contributed by atoms with Crippen LogP contribution in [0.5, 0.6) is 0 Å². The molecule has 1 aromatic carbocycles. The summed E-state index contributed by atoms with van der Waals surface area (Å²) in [6.07, 6.45) is 5.71. The van der Waals surface area contributed by atoms with Gasteiger partial charge in [-0.25, -0.2) is 28.4 Å². The number of carbonyl (C=O) groups excluding carboxylic acids is 1. The molecule has 32 heavy (non-hydrogen) atoms. The number of fused-ring (bicyclic) bond motifs is 1. The summed E-state index contributed by atoms with van der Waals surface area (Å²) in [5.41, 5.74) is 2.89. The van der Waals surface area contributed by atoms with Crippen LogP contribution in [0.4, 0.5) is 17.5 Å². The number of nitrogens with zero attached hydrogens (tertiary/aromatic N) is 4. The van der Waals surface area contributed by atoms with Gasteiger partial charge in [-0.3, -0.25) is 9.52 Å². The number of rotatable bonds is 6. The van der Waals surface area contributed by atoms with E-state index >= 15 is 0 Å². The number of hydrogen-bond acceptors (Lipinski definition) is 9. The molecule has 0 bridgehead atoms. The Morgan fingerprint density at radius 3 is 2.69 bits per heavy atom. The van der Waals surface area contributed by atoms with Crippen molar-refractivity contribution in [1.82, 2.24) is 25.3 Å². The van der Waals surface area contributed by atoms with Crippen molar-refractivity contribution in [2.75, 3.05) is 22.8 Å². The number of nitrogens with one attached hydrogen (secondary N) is 3. The maximum Gasteiger partial charge on any atom is 0.235 e. The van der Waals surface area contributed by atoms with Gasteiger partial charge in [0.05, 0.1) is 17.5 Å². The molecule has 0 aliphatic carbocycles. The highest BCUT2D eigenvalue weighted by atomic mass is 35.5. The van der Waals surface area contributed by atoms with Gasteiger partial charge in [0.25, 0.3) is 0 Å². The Labute approximate surface area is 195 Å². The molecule has 0 saturated carbocycles. The van der Waals surface area contributed by atoms with Crippen molar-refractivity contribution < 1.29 is 13.2 Å². The van der Waals surface area contributed by atoms with Gasteiger partial charge in [-0.2, -0.15) is 0 Å². The molecule has 13 heteroatoms. The van der Waals surface area contributed by atoms with Crippen LogP contribution < -0.4 is 15.4 Å². The molecule has 0 unspecified atom stereocenters. The van der Waals surface area contributed by atoms with Gasteiger partial charge >= 0.3 is 0 Å². The van der Waals surface area contributed by atoms with Crippen LogP contribution in [0.25, 0.3) is 0 Å². The fraction of sp³-hybridized carbons (Fsp3) is 0.211. The first-order valence-corrected chi connectivity index (χ1v) is 11.5. The summed E-state index contributed by atoms with van der Waals surface area (Å²) in [4.78, 5) is 29.2. The molecule has 0 spiro atoms. The zero-order valence-corrected chi connectivity index (χ0v) is 19.2. The summed E-state index contributed by atoms with van der Waals surface area (Å²) in [6.45, 7) is 1.74. The van der Waals surface area contributed by atoms with Crippen molar-refractivity contribution in [3.05, 3.63) is 64.3 Å². The Morgan fingerprint density at radius 2 is 1.91 bits per heavy atom. The van der Waals surface area contributed by atoms with Crippen molar-refractivity contribution in [2.45, 2.75) is 13.0 Å². The average molecular weight is 496 g/mol. The van der Waals surface area contributed by atoms with Crippen LogP contribution in [0, 0.1) is 0 Å². The second kappa shape index (κ2) is 9.74. The van der Waals surface area contributed by atoms with Crippen LogP contribution in [0.3, 0.4) is 0 Å². The standard InChI is InChI=1S/C19H18ClN7O3S.ClH/c1-31(29,30)27-18-16(22-6-7-23-18)17(28)15-14(20)10-24-19(26-15)25-13-3-2-12-9-21-5-4-11(12)8-13;/h2-3,6-8,10,21H,4-5,9H2,1H3,(H,23,27)(H,24,25,26);1H. The maximum absolute atomic E-state index is 13.0. The SMILES string of the molecule is CS(=O)(=O)Nc1nccnc1C(=O)c1nc(Nc2ccc3c(c2)CCNC3)ncc1Cl.Cl. The van der Waals surface area contributed by atoms with Crippen molar-refractivity contribution in [3.63, 3.8) is 0 Å². The maximum atomic E-state index is 13.0. The van der Waals surface area contributed by atoms with E-state index in [1.807, 2.05) is 18.2 Å². The number of hydrogen-bond donors (Lipinski definition) is 3. The predicted molar refractivity (Wildman–Crippen MR) is 123 cm³/mol. The number of anilines is 3. The van der Waals surface area contributed by atoms with Crippen molar-refractivity contribution in [2.24, 2.45) is 0 Å². The molecule has 3 N–H and O–H groups in total. The van der Waals surface area contributed by atoms with E-state index in [1.54, 1.807) is 0 Å². The molecular weight excluding hydrogens is 477 g/mol. The van der Waals surface area contributed by atoms with Crippen LogP contribution in [0.1, 0.15) is 27.3 Å². The normalized spacial score (nSPS) is 12.9. The number of halogens is 2. The molecule has 168 valence electrons. The summed E-state index contributed by atoms with van der Waals surface area (Å²) in [5.74, 6) is -0.725. The van der Waals surface area contributed by atoms with E-state index in [9.17, 15) is 13.2 Å². The third-order valence-electron chi connectivity index (χ3n) is 4.50. The van der Waals surface area contributed by atoms with E-state index in [0.717, 1.165) is 31.5 Å². The molecular formula is C19H19Cl2N7O3S. The summed E-state index contributed by atoms with van der Waals surface area (Å²) in [6, 6.07) is 5.95. The lowest BCUT2D eigenvalue weighted by atomic mass is 10.0. The van der Waals surface area contributed by atoms with Crippen molar-refractivity contribution >= 4 is 57.3 Å². The Hall–Kier alpha value is -2.86. The molecule has 2 aromatic heterocycles. The van der Waals surface area contributed by atoms with Gasteiger partial charge in [0, 0.05) is 24.6 Å². The van der Waals surface area contributed by atoms with E-state index in [1.165, 1.54) is 29.7 Å².